The van der Waals surface area contributed by atoms with Crippen LogP contribution in [0, 0.1) is 11.6 Å². The number of hydrogen-bond donors (Lipinski definition) is 0. The monoisotopic (exact) mass is 278 g/mol. The van der Waals surface area contributed by atoms with Gasteiger partial charge in [0, 0.05) is 10.4 Å². The van der Waals surface area contributed by atoms with Crippen LogP contribution in [0.2, 0.25) is 4.34 Å². The molecule has 0 fully saturated rings. The van der Waals surface area contributed by atoms with Crippen molar-refractivity contribution >= 4 is 34.5 Å². The second-order valence-electron chi connectivity index (χ2n) is 3.15. The van der Waals surface area contributed by atoms with Gasteiger partial charge in [-0.25, -0.2) is 8.78 Å². The van der Waals surface area contributed by atoms with Crippen LogP contribution in [0.5, 0.6) is 0 Å². The molecule has 1 aromatic heterocycles. The van der Waals surface area contributed by atoms with Gasteiger partial charge in [0.1, 0.15) is 0 Å². The van der Waals surface area contributed by atoms with E-state index in [1.807, 2.05) is 0 Å². The van der Waals surface area contributed by atoms with E-state index in [1.54, 1.807) is 12.1 Å². The fourth-order valence-electron chi connectivity index (χ4n) is 1.33. The molecule has 0 N–H and O–H groups in total. The van der Waals surface area contributed by atoms with Gasteiger partial charge in [-0.3, -0.25) is 0 Å². The molecule has 0 saturated heterocycles. The van der Waals surface area contributed by atoms with Gasteiger partial charge in [0.2, 0.25) is 0 Å². The lowest BCUT2D eigenvalue weighted by Crippen LogP contribution is -1.97. The Balaban J connectivity index is 2.41. The van der Waals surface area contributed by atoms with Gasteiger partial charge < -0.3 is 0 Å². The lowest BCUT2D eigenvalue weighted by molar-refractivity contribution is 0.500. The zero-order chi connectivity index (χ0) is 11.7. The number of halogens is 4. The summed E-state index contributed by atoms with van der Waals surface area (Å²) in [6, 6.07) is 7.33. The van der Waals surface area contributed by atoms with Gasteiger partial charge in [-0.05, 0) is 18.2 Å². The maximum atomic E-state index is 13.5. The zero-order valence-corrected chi connectivity index (χ0v) is 10.2. The highest BCUT2D eigenvalue weighted by Crippen LogP contribution is 2.36. The van der Waals surface area contributed by atoms with Crippen LogP contribution in [-0.2, 0) is 0 Å². The molecule has 1 heterocycles. The van der Waals surface area contributed by atoms with Crippen molar-refractivity contribution in [1.82, 2.24) is 0 Å². The normalized spacial score (nSPS) is 12.8. The largest absolute Gasteiger partial charge is 0.204 e. The minimum absolute atomic E-state index is 0.125. The van der Waals surface area contributed by atoms with E-state index in [9.17, 15) is 8.78 Å². The van der Waals surface area contributed by atoms with Crippen LogP contribution < -0.4 is 0 Å². The standard InChI is InChI=1S/C11H6Cl2F2S/c12-9-5-4-8(16-9)10(13)6-2-1-3-7(14)11(6)15/h1-5,10H. The molecule has 0 aliphatic heterocycles. The maximum Gasteiger partial charge on any atom is 0.163 e. The topological polar surface area (TPSA) is 0 Å². The minimum atomic E-state index is -0.910. The summed E-state index contributed by atoms with van der Waals surface area (Å²) in [5, 5.41) is -0.715. The molecule has 0 radical (unpaired) electrons. The summed E-state index contributed by atoms with van der Waals surface area (Å²) < 4.78 is 27.0. The van der Waals surface area contributed by atoms with Crippen LogP contribution in [0.25, 0.3) is 0 Å². The number of hydrogen-bond acceptors (Lipinski definition) is 1. The zero-order valence-electron chi connectivity index (χ0n) is 7.88. The number of thiophene rings is 1. The minimum Gasteiger partial charge on any atom is -0.204 e. The molecule has 5 heteroatoms. The average molecular weight is 279 g/mol. The third-order valence-corrected chi connectivity index (χ3v) is 3.99. The van der Waals surface area contributed by atoms with E-state index in [0.717, 1.165) is 6.07 Å². The van der Waals surface area contributed by atoms with Crippen molar-refractivity contribution in [3.8, 4) is 0 Å². The quantitative estimate of drug-likeness (QED) is 0.678. The first kappa shape index (κ1) is 11.8. The van der Waals surface area contributed by atoms with Crippen molar-refractivity contribution in [3.05, 3.63) is 56.7 Å². The van der Waals surface area contributed by atoms with Crippen LogP contribution in [0.15, 0.2) is 30.3 Å². The van der Waals surface area contributed by atoms with Crippen LogP contribution in [0.1, 0.15) is 15.8 Å². The van der Waals surface area contributed by atoms with Crippen molar-refractivity contribution in [2.75, 3.05) is 0 Å². The van der Waals surface area contributed by atoms with E-state index < -0.39 is 17.0 Å². The third kappa shape index (κ3) is 2.21. The molecular formula is C11H6Cl2F2S. The first-order valence-electron chi connectivity index (χ1n) is 4.43. The van der Waals surface area contributed by atoms with Gasteiger partial charge in [-0.1, -0.05) is 23.7 Å². The molecule has 1 atom stereocenters. The third-order valence-electron chi connectivity index (χ3n) is 2.10. The molecule has 2 rings (SSSR count). The molecule has 0 amide bonds. The van der Waals surface area contributed by atoms with E-state index in [4.69, 9.17) is 23.2 Å². The Morgan fingerprint density at radius 1 is 1.12 bits per heavy atom. The Morgan fingerprint density at radius 3 is 2.50 bits per heavy atom. The molecule has 0 nitrogen and oxygen atoms in total. The smallest absolute Gasteiger partial charge is 0.163 e. The van der Waals surface area contributed by atoms with Crippen molar-refractivity contribution < 1.29 is 8.78 Å². The van der Waals surface area contributed by atoms with Crippen molar-refractivity contribution in [3.63, 3.8) is 0 Å². The molecule has 2 aromatic rings. The lowest BCUT2D eigenvalue weighted by Gasteiger charge is -2.08. The highest BCUT2D eigenvalue weighted by Gasteiger charge is 2.19. The van der Waals surface area contributed by atoms with Gasteiger partial charge in [-0.15, -0.1) is 22.9 Å². The van der Waals surface area contributed by atoms with E-state index in [0.29, 0.717) is 9.21 Å². The fourth-order valence-corrected chi connectivity index (χ4v) is 2.77. The second kappa shape index (κ2) is 4.70. The summed E-state index contributed by atoms with van der Waals surface area (Å²) in [6.07, 6.45) is 0. The van der Waals surface area contributed by atoms with E-state index >= 15 is 0 Å². The molecule has 84 valence electrons. The van der Waals surface area contributed by atoms with E-state index in [2.05, 4.69) is 0 Å². The van der Waals surface area contributed by atoms with E-state index in [1.165, 1.54) is 23.5 Å². The first-order valence-corrected chi connectivity index (χ1v) is 6.06. The van der Waals surface area contributed by atoms with Gasteiger partial charge in [0.05, 0.1) is 9.71 Å². The first-order chi connectivity index (χ1) is 7.59. The maximum absolute atomic E-state index is 13.5. The van der Waals surface area contributed by atoms with E-state index in [-0.39, 0.29) is 5.56 Å². The average Bonchev–Trinajstić information content (AvgIpc) is 2.68. The van der Waals surface area contributed by atoms with Crippen molar-refractivity contribution in [2.24, 2.45) is 0 Å². The van der Waals surface area contributed by atoms with Gasteiger partial charge in [0.25, 0.3) is 0 Å². The summed E-state index contributed by atoms with van der Waals surface area (Å²) in [5.41, 5.74) is 0.125. The number of benzene rings is 1. The molecule has 0 bridgehead atoms. The predicted molar refractivity (Wildman–Crippen MR) is 63.4 cm³/mol. The van der Waals surface area contributed by atoms with Crippen molar-refractivity contribution in [2.45, 2.75) is 5.38 Å². The van der Waals surface area contributed by atoms with Crippen LogP contribution in [0.3, 0.4) is 0 Å². The second-order valence-corrected chi connectivity index (χ2v) is 5.33. The predicted octanol–water partition coefficient (Wildman–Crippen LogP) is 5.01. The van der Waals surface area contributed by atoms with Gasteiger partial charge in [0.15, 0.2) is 11.6 Å². The molecule has 0 saturated carbocycles. The summed E-state index contributed by atoms with van der Waals surface area (Å²) in [5.74, 6) is -1.81. The highest BCUT2D eigenvalue weighted by atomic mass is 35.5. The Labute approximate surface area is 105 Å². The van der Waals surface area contributed by atoms with Crippen LogP contribution in [0.4, 0.5) is 8.78 Å². The molecule has 16 heavy (non-hydrogen) atoms. The van der Waals surface area contributed by atoms with Crippen LogP contribution >= 0.6 is 34.5 Å². The van der Waals surface area contributed by atoms with Crippen molar-refractivity contribution in [1.29, 1.82) is 0 Å². The highest BCUT2D eigenvalue weighted by molar-refractivity contribution is 7.16. The Bertz CT molecular complexity index is 510. The summed E-state index contributed by atoms with van der Waals surface area (Å²) in [4.78, 5) is 0.691. The summed E-state index contributed by atoms with van der Waals surface area (Å²) in [7, 11) is 0. The Morgan fingerprint density at radius 2 is 1.88 bits per heavy atom. The molecule has 0 aliphatic carbocycles. The van der Waals surface area contributed by atoms with Crippen LogP contribution in [-0.4, -0.2) is 0 Å². The number of rotatable bonds is 2. The van der Waals surface area contributed by atoms with Gasteiger partial charge in [-0.2, -0.15) is 0 Å². The van der Waals surface area contributed by atoms with Gasteiger partial charge >= 0.3 is 0 Å². The SMILES string of the molecule is Fc1cccc(C(Cl)c2ccc(Cl)s2)c1F. The number of alkyl halides is 1. The lowest BCUT2D eigenvalue weighted by atomic mass is 10.1. The molecular weight excluding hydrogens is 273 g/mol. The molecule has 0 aliphatic rings. The Hall–Kier alpha value is -0.640. The molecule has 1 unspecified atom stereocenters. The fraction of sp³-hybridized carbons (Fsp3) is 0.0909. The molecule has 1 aromatic carbocycles. The summed E-state index contributed by atoms with van der Waals surface area (Å²) in [6.45, 7) is 0. The molecule has 0 spiro atoms. The Kier molecular flexibility index (Phi) is 3.47. The summed E-state index contributed by atoms with van der Waals surface area (Å²) >= 11 is 13.1.